The van der Waals surface area contributed by atoms with Crippen LogP contribution in [0.5, 0.6) is 5.75 Å². The van der Waals surface area contributed by atoms with E-state index in [2.05, 4.69) is 43.7 Å². The summed E-state index contributed by atoms with van der Waals surface area (Å²) in [5, 5.41) is 16.5. The van der Waals surface area contributed by atoms with E-state index in [1.54, 1.807) is 11.3 Å². The fourth-order valence-electron chi connectivity index (χ4n) is 2.69. The summed E-state index contributed by atoms with van der Waals surface area (Å²) in [6, 6.07) is 8.01. The Labute approximate surface area is 166 Å². The van der Waals surface area contributed by atoms with Crippen LogP contribution in [-0.2, 0) is 0 Å². The minimum absolute atomic E-state index is 0. The number of halogens is 4. The van der Waals surface area contributed by atoms with Crippen molar-refractivity contribution in [3.63, 3.8) is 0 Å². The third-order valence-electron chi connectivity index (χ3n) is 3.72. The molecular weight excluding hydrogens is 443 g/mol. The van der Waals surface area contributed by atoms with Crippen LogP contribution in [-0.4, -0.2) is 36.2 Å². The van der Waals surface area contributed by atoms with Crippen molar-refractivity contribution in [2.24, 2.45) is 0 Å². The van der Waals surface area contributed by atoms with Gasteiger partial charge < -0.3 is 10.4 Å². The molecule has 1 aliphatic heterocycles. The molecule has 2 aromatic rings. The van der Waals surface area contributed by atoms with Gasteiger partial charge in [0.15, 0.2) is 0 Å². The Morgan fingerprint density at radius 3 is 2.52 bits per heavy atom. The smallest absolute Gasteiger partial charge is 0.136 e. The highest BCUT2D eigenvalue weighted by atomic mass is 79.9. The third kappa shape index (κ3) is 4.54. The highest BCUT2D eigenvalue weighted by Crippen LogP contribution is 2.42. The quantitative estimate of drug-likeness (QED) is 0.697. The molecule has 0 spiro atoms. The molecule has 1 aliphatic rings. The number of hydrogen-bond donors (Lipinski definition) is 2. The van der Waals surface area contributed by atoms with Crippen LogP contribution in [0.1, 0.15) is 16.5 Å². The lowest BCUT2D eigenvalue weighted by molar-refractivity contribution is 0.198. The van der Waals surface area contributed by atoms with Crippen LogP contribution < -0.4 is 5.32 Å². The number of piperazine rings is 1. The van der Waals surface area contributed by atoms with E-state index in [9.17, 15) is 5.11 Å². The monoisotopic (exact) mass is 458 g/mol. The SMILES string of the molecule is Cl.Cl.Oc1c([C@H](c2cccs2)N2CCNCC2)ccc(Cl)c1Br. The molecule has 1 saturated heterocycles. The largest absolute Gasteiger partial charge is 0.506 e. The molecular formula is C15H18BrCl3N2OS. The van der Waals surface area contributed by atoms with Gasteiger partial charge >= 0.3 is 0 Å². The predicted molar refractivity (Wildman–Crippen MR) is 106 cm³/mol. The molecule has 23 heavy (non-hydrogen) atoms. The van der Waals surface area contributed by atoms with Gasteiger partial charge in [0, 0.05) is 36.6 Å². The summed E-state index contributed by atoms with van der Waals surface area (Å²) in [5.74, 6) is 0.236. The molecule has 0 amide bonds. The number of phenols is 1. The molecule has 1 atom stereocenters. The number of phenolic OH excluding ortho intramolecular Hbond substituents is 1. The number of thiophene rings is 1. The molecule has 2 N–H and O–H groups in total. The van der Waals surface area contributed by atoms with Gasteiger partial charge in [-0.1, -0.05) is 23.7 Å². The average Bonchev–Trinajstić information content (AvgIpc) is 3.03. The zero-order chi connectivity index (χ0) is 14.8. The summed E-state index contributed by atoms with van der Waals surface area (Å²) >= 11 is 11.2. The van der Waals surface area contributed by atoms with Crippen LogP contribution in [0.25, 0.3) is 0 Å². The maximum Gasteiger partial charge on any atom is 0.136 e. The Morgan fingerprint density at radius 1 is 1.22 bits per heavy atom. The summed E-state index contributed by atoms with van der Waals surface area (Å²) in [6.45, 7) is 3.86. The normalized spacial score (nSPS) is 16.3. The fraction of sp³-hybridized carbons (Fsp3) is 0.333. The van der Waals surface area contributed by atoms with Crippen molar-refractivity contribution in [3.8, 4) is 5.75 Å². The third-order valence-corrected chi connectivity index (χ3v) is 5.99. The van der Waals surface area contributed by atoms with E-state index in [0.29, 0.717) is 9.50 Å². The summed E-state index contributed by atoms with van der Waals surface area (Å²) < 4.78 is 0.568. The van der Waals surface area contributed by atoms with E-state index in [1.165, 1.54) is 4.88 Å². The maximum atomic E-state index is 10.5. The number of aromatic hydroxyl groups is 1. The van der Waals surface area contributed by atoms with Crippen LogP contribution in [0.3, 0.4) is 0 Å². The average molecular weight is 461 g/mol. The summed E-state index contributed by atoms with van der Waals surface area (Å²) in [7, 11) is 0. The molecule has 3 rings (SSSR count). The second-order valence-corrected chi connectivity index (χ2v) is 7.18. The second-order valence-electron chi connectivity index (χ2n) is 5.00. The number of hydrogen-bond acceptors (Lipinski definition) is 4. The standard InChI is InChI=1S/C15H16BrClN2OS.2ClH/c16-13-11(17)4-3-10(15(13)20)14(12-2-1-9-21-12)19-7-5-18-6-8-19;;/h1-4,9,14,18,20H,5-8H2;2*1H/t14-;;/m1../s1. The lowest BCUT2D eigenvalue weighted by Gasteiger charge is -2.35. The van der Waals surface area contributed by atoms with Crippen LogP contribution in [0.2, 0.25) is 5.02 Å². The van der Waals surface area contributed by atoms with E-state index in [0.717, 1.165) is 31.7 Å². The maximum absolute atomic E-state index is 10.5. The van der Waals surface area contributed by atoms with E-state index < -0.39 is 0 Å². The lowest BCUT2D eigenvalue weighted by atomic mass is 10.0. The number of nitrogens with zero attached hydrogens (tertiary/aromatic N) is 1. The molecule has 3 nitrogen and oxygen atoms in total. The van der Waals surface area contributed by atoms with Gasteiger partial charge in [0.1, 0.15) is 5.75 Å². The Bertz CT molecular complexity index is 621. The molecule has 0 aliphatic carbocycles. The summed E-state index contributed by atoms with van der Waals surface area (Å²) in [5.41, 5.74) is 0.899. The van der Waals surface area contributed by atoms with Crippen molar-refractivity contribution >= 4 is 63.7 Å². The van der Waals surface area contributed by atoms with Gasteiger partial charge in [-0.05, 0) is 33.4 Å². The van der Waals surface area contributed by atoms with Gasteiger partial charge in [-0.3, -0.25) is 4.90 Å². The van der Waals surface area contributed by atoms with Gasteiger partial charge in [-0.25, -0.2) is 0 Å². The predicted octanol–water partition coefficient (Wildman–Crippen LogP) is 4.71. The first-order valence-corrected chi connectivity index (χ1v) is 8.88. The number of rotatable bonds is 3. The van der Waals surface area contributed by atoms with E-state index in [1.807, 2.05) is 12.1 Å². The van der Waals surface area contributed by atoms with Crippen molar-refractivity contribution in [1.29, 1.82) is 0 Å². The highest BCUT2D eigenvalue weighted by Gasteiger charge is 2.28. The molecule has 128 valence electrons. The molecule has 0 unspecified atom stereocenters. The Morgan fingerprint density at radius 2 is 1.91 bits per heavy atom. The fourth-order valence-corrected chi connectivity index (χ4v) is 4.08. The van der Waals surface area contributed by atoms with Crippen molar-refractivity contribution < 1.29 is 5.11 Å². The number of nitrogens with one attached hydrogen (secondary N) is 1. The minimum atomic E-state index is 0. The van der Waals surface area contributed by atoms with Crippen LogP contribution in [0, 0.1) is 0 Å². The first kappa shape index (κ1) is 21.0. The first-order valence-electron chi connectivity index (χ1n) is 6.83. The van der Waals surface area contributed by atoms with Gasteiger partial charge in [-0.2, -0.15) is 0 Å². The molecule has 0 bridgehead atoms. The summed E-state index contributed by atoms with van der Waals surface area (Å²) in [4.78, 5) is 3.64. The van der Waals surface area contributed by atoms with E-state index in [4.69, 9.17) is 11.6 Å². The first-order chi connectivity index (χ1) is 10.2. The zero-order valence-electron chi connectivity index (χ0n) is 12.2. The van der Waals surface area contributed by atoms with Crippen LogP contribution in [0.4, 0.5) is 0 Å². The van der Waals surface area contributed by atoms with Crippen molar-refractivity contribution in [1.82, 2.24) is 10.2 Å². The second kappa shape index (κ2) is 9.47. The molecule has 0 saturated carbocycles. The molecule has 2 heterocycles. The van der Waals surface area contributed by atoms with Gasteiger partial charge in [0.25, 0.3) is 0 Å². The highest BCUT2D eigenvalue weighted by molar-refractivity contribution is 9.10. The molecule has 8 heteroatoms. The van der Waals surface area contributed by atoms with Gasteiger partial charge in [-0.15, -0.1) is 36.2 Å². The minimum Gasteiger partial charge on any atom is -0.506 e. The molecule has 1 aromatic carbocycles. The molecule has 0 radical (unpaired) electrons. The summed E-state index contributed by atoms with van der Waals surface area (Å²) in [6.07, 6.45) is 0. The van der Waals surface area contributed by atoms with Gasteiger partial charge in [0.05, 0.1) is 15.5 Å². The van der Waals surface area contributed by atoms with Crippen molar-refractivity contribution in [2.45, 2.75) is 6.04 Å². The Kier molecular flexibility index (Phi) is 8.66. The van der Waals surface area contributed by atoms with E-state index in [-0.39, 0.29) is 36.6 Å². The Hall–Kier alpha value is -0.0100. The van der Waals surface area contributed by atoms with Crippen molar-refractivity contribution in [2.75, 3.05) is 26.2 Å². The number of benzene rings is 1. The van der Waals surface area contributed by atoms with Gasteiger partial charge in [0.2, 0.25) is 0 Å². The van der Waals surface area contributed by atoms with Crippen LogP contribution >= 0.6 is 63.7 Å². The zero-order valence-corrected chi connectivity index (χ0v) is 17.0. The lowest BCUT2D eigenvalue weighted by Crippen LogP contribution is -2.45. The molecule has 1 aromatic heterocycles. The Balaban J connectivity index is 0.00000132. The topological polar surface area (TPSA) is 35.5 Å². The van der Waals surface area contributed by atoms with Crippen LogP contribution in [0.15, 0.2) is 34.1 Å². The molecule has 1 fully saturated rings. The van der Waals surface area contributed by atoms with E-state index >= 15 is 0 Å². The van der Waals surface area contributed by atoms with Crippen molar-refractivity contribution in [3.05, 3.63) is 49.6 Å².